The maximum Gasteiger partial charge on any atom is 0.00133 e. The molecule has 0 radical (unpaired) electrons. The minimum absolute atomic E-state index is 0.475. The van der Waals surface area contributed by atoms with Crippen LogP contribution in [0.3, 0.4) is 0 Å². The van der Waals surface area contributed by atoms with Crippen molar-refractivity contribution in [2.45, 2.75) is 20.3 Å². The Hall–Kier alpha value is -0.720. The highest BCUT2D eigenvalue weighted by molar-refractivity contribution is 5.00. The number of rotatable bonds is 3. The molecular weight excluding hydrogens is 110 g/mol. The highest BCUT2D eigenvalue weighted by atomic mass is 14.6. The van der Waals surface area contributed by atoms with Crippen LogP contribution in [0.15, 0.2) is 24.4 Å². The lowest BCUT2D eigenvalue weighted by Gasteiger charge is -2.08. The third-order valence-electron chi connectivity index (χ3n) is 1.41. The Balaban J connectivity index is 3.63. The minimum atomic E-state index is 0.475. The van der Waals surface area contributed by atoms with E-state index in [1.54, 1.807) is 0 Å². The molecule has 0 heterocycles. The predicted molar refractivity (Wildman–Crippen MR) is 41.9 cm³/mol. The first-order valence-corrected chi connectivity index (χ1v) is 3.12. The van der Waals surface area contributed by atoms with Gasteiger partial charge >= 0.3 is 0 Å². The van der Waals surface area contributed by atoms with Crippen molar-refractivity contribution >= 4 is 0 Å². The van der Waals surface area contributed by atoms with Crippen LogP contribution in [0.25, 0.3) is 0 Å². The molecule has 0 aliphatic heterocycles. The molecule has 1 atom stereocenters. The van der Waals surface area contributed by atoms with Gasteiger partial charge in [0, 0.05) is 5.70 Å². The fourth-order valence-electron chi connectivity index (χ4n) is 0.568. The highest BCUT2D eigenvalue weighted by Crippen LogP contribution is 2.13. The molecule has 0 saturated heterocycles. The summed E-state index contributed by atoms with van der Waals surface area (Å²) < 4.78 is 0. The van der Waals surface area contributed by atoms with Gasteiger partial charge in [-0.15, -0.1) is 0 Å². The molecule has 0 bridgehead atoms. The average molecular weight is 125 g/mol. The Bertz CT molecular complexity index is 125. The largest absolute Gasteiger partial charge is 0.402 e. The van der Waals surface area contributed by atoms with Crippen molar-refractivity contribution in [2.75, 3.05) is 0 Å². The summed E-state index contributed by atoms with van der Waals surface area (Å²) >= 11 is 0. The molecule has 1 nitrogen and oxygen atoms in total. The second kappa shape index (κ2) is 3.33. The summed E-state index contributed by atoms with van der Waals surface area (Å²) in [6.45, 7) is 11.5. The van der Waals surface area contributed by atoms with Gasteiger partial charge in [-0.3, -0.25) is 0 Å². The molecule has 52 valence electrons. The molecule has 2 N–H and O–H groups in total. The van der Waals surface area contributed by atoms with Crippen LogP contribution in [0, 0.1) is 5.92 Å². The third kappa shape index (κ3) is 3.83. The molecule has 0 spiro atoms. The highest BCUT2D eigenvalue weighted by Gasteiger charge is 2.00. The van der Waals surface area contributed by atoms with Crippen molar-refractivity contribution in [3.8, 4) is 0 Å². The Labute approximate surface area is 57.3 Å². The Morgan fingerprint density at radius 1 is 1.56 bits per heavy atom. The van der Waals surface area contributed by atoms with Crippen LogP contribution in [-0.4, -0.2) is 0 Å². The topological polar surface area (TPSA) is 26.0 Å². The average Bonchev–Trinajstić information content (AvgIpc) is 1.63. The molecule has 9 heavy (non-hydrogen) atoms. The summed E-state index contributed by atoms with van der Waals surface area (Å²) in [5.74, 6) is 0.475. The van der Waals surface area contributed by atoms with Gasteiger partial charge in [-0.2, -0.15) is 0 Å². The van der Waals surface area contributed by atoms with Crippen LogP contribution in [0.2, 0.25) is 0 Å². The molecule has 1 heteroatoms. The fourth-order valence-corrected chi connectivity index (χ4v) is 0.568. The van der Waals surface area contributed by atoms with E-state index in [1.807, 2.05) is 6.92 Å². The van der Waals surface area contributed by atoms with E-state index >= 15 is 0 Å². The Morgan fingerprint density at radius 3 is 2.11 bits per heavy atom. The molecule has 0 aromatic rings. The van der Waals surface area contributed by atoms with Crippen molar-refractivity contribution in [2.24, 2.45) is 11.7 Å². The summed E-state index contributed by atoms with van der Waals surface area (Å²) in [6, 6.07) is 0. The SMILES string of the molecule is C=C(N)CC(C)C(=C)C. The number of hydrogen-bond acceptors (Lipinski definition) is 1. The fraction of sp³-hybridized carbons (Fsp3) is 0.500. The van der Waals surface area contributed by atoms with Crippen molar-refractivity contribution in [3.05, 3.63) is 24.4 Å². The second-order valence-corrected chi connectivity index (χ2v) is 2.61. The van der Waals surface area contributed by atoms with Gasteiger partial charge in [0.2, 0.25) is 0 Å². The number of hydrogen-bond donors (Lipinski definition) is 1. The summed E-state index contributed by atoms with van der Waals surface area (Å²) in [7, 11) is 0. The molecular formula is C8H15N. The van der Waals surface area contributed by atoms with E-state index in [1.165, 1.54) is 5.57 Å². The standard InChI is InChI=1S/C8H15N/c1-6(2)7(3)5-8(4)9/h7H,1,4-5,9H2,2-3H3. The second-order valence-electron chi connectivity index (χ2n) is 2.61. The summed E-state index contributed by atoms with van der Waals surface area (Å²) in [6.07, 6.45) is 0.856. The van der Waals surface area contributed by atoms with Crippen LogP contribution < -0.4 is 5.73 Å². The van der Waals surface area contributed by atoms with Crippen molar-refractivity contribution in [1.29, 1.82) is 0 Å². The summed E-state index contributed by atoms with van der Waals surface area (Å²) in [5.41, 5.74) is 7.30. The van der Waals surface area contributed by atoms with Gasteiger partial charge in [-0.25, -0.2) is 0 Å². The minimum Gasteiger partial charge on any atom is -0.402 e. The number of allylic oxidation sites excluding steroid dienone is 2. The van der Waals surface area contributed by atoms with Gasteiger partial charge in [0.05, 0.1) is 0 Å². The molecule has 0 aliphatic carbocycles. The van der Waals surface area contributed by atoms with Crippen LogP contribution in [0.5, 0.6) is 0 Å². The molecule has 0 rings (SSSR count). The molecule has 0 amide bonds. The maximum atomic E-state index is 5.40. The van der Waals surface area contributed by atoms with E-state index in [4.69, 9.17) is 5.73 Å². The molecule has 0 aromatic carbocycles. The Kier molecular flexibility index (Phi) is 3.07. The van der Waals surface area contributed by atoms with E-state index in [0.717, 1.165) is 12.1 Å². The maximum absolute atomic E-state index is 5.40. The van der Waals surface area contributed by atoms with Crippen LogP contribution >= 0.6 is 0 Å². The predicted octanol–water partition coefficient (Wildman–Crippen LogP) is 2.06. The third-order valence-corrected chi connectivity index (χ3v) is 1.41. The summed E-state index contributed by atoms with van der Waals surface area (Å²) in [5, 5.41) is 0. The van der Waals surface area contributed by atoms with Gasteiger partial charge in [-0.1, -0.05) is 25.7 Å². The van der Waals surface area contributed by atoms with Crippen LogP contribution in [-0.2, 0) is 0 Å². The van der Waals surface area contributed by atoms with E-state index in [2.05, 4.69) is 20.1 Å². The van der Waals surface area contributed by atoms with Crippen LogP contribution in [0.1, 0.15) is 20.3 Å². The molecule has 1 unspecified atom stereocenters. The van der Waals surface area contributed by atoms with Crippen molar-refractivity contribution in [3.63, 3.8) is 0 Å². The van der Waals surface area contributed by atoms with E-state index in [0.29, 0.717) is 5.92 Å². The Morgan fingerprint density at radius 2 is 2.00 bits per heavy atom. The van der Waals surface area contributed by atoms with E-state index < -0.39 is 0 Å². The molecule has 0 saturated carbocycles. The quantitative estimate of drug-likeness (QED) is 0.574. The first-order valence-electron chi connectivity index (χ1n) is 3.12. The lowest BCUT2D eigenvalue weighted by molar-refractivity contribution is 0.672. The zero-order valence-electron chi connectivity index (χ0n) is 6.28. The van der Waals surface area contributed by atoms with Gasteiger partial charge in [0.25, 0.3) is 0 Å². The lowest BCUT2D eigenvalue weighted by Crippen LogP contribution is -2.02. The number of nitrogens with two attached hydrogens (primary N) is 1. The molecule has 0 aromatic heterocycles. The first-order chi connectivity index (χ1) is 4.04. The first kappa shape index (κ1) is 8.28. The van der Waals surface area contributed by atoms with Gasteiger partial charge in [0.1, 0.15) is 0 Å². The van der Waals surface area contributed by atoms with Crippen molar-refractivity contribution in [1.82, 2.24) is 0 Å². The van der Waals surface area contributed by atoms with Crippen molar-refractivity contribution < 1.29 is 0 Å². The lowest BCUT2D eigenvalue weighted by atomic mass is 10.00. The zero-order valence-corrected chi connectivity index (χ0v) is 6.28. The normalized spacial score (nSPS) is 12.7. The van der Waals surface area contributed by atoms with E-state index in [-0.39, 0.29) is 0 Å². The molecule has 0 fully saturated rings. The van der Waals surface area contributed by atoms with Gasteiger partial charge in [-0.05, 0) is 19.3 Å². The monoisotopic (exact) mass is 125 g/mol. The van der Waals surface area contributed by atoms with Gasteiger partial charge in [0.15, 0.2) is 0 Å². The van der Waals surface area contributed by atoms with Crippen LogP contribution in [0.4, 0.5) is 0 Å². The van der Waals surface area contributed by atoms with E-state index in [9.17, 15) is 0 Å². The smallest absolute Gasteiger partial charge is 0.00133 e. The van der Waals surface area contributed by atoms with Gasteiger partial charge < -0.3 is 5.73 Å². The zero-order chi connectivity index (χ0) is 7.44. The molecule has 0 aliphatic rings. The summed E-state index contributed by atoms with van der Waals surface area (Å²) in [4.78, 5) is 0.